The number of fused-ring (bicyclic) bond motifs is 1. The number of nitrogens with zero attached hydrogens (tertiary/aromatic N) is 1. The minimum atomic E-state index is -4.51. The first-order valence-corrected chi connectivity index (χ1v) is 10.6. The highest BCUT2D eigenvalue weighted by Crippen LogP contribution is 2.25. The van der Waals surface area contributed by atoms with Crippen molar-refractivity contribution in [1.82, 2.24) is 9.88 Å². The Morgan fingerprint density at radius 2 is 1.62 bits per heavy atom. The number of hydrogen-bond donors (Lipinski definition) is 2. The van der Waals surface area contributed by atoms with Gasteiger partial charge in [-0.15, -0.1) is 0 Å². The molecule has 0 aliphatic carbocycles. The molecule has 0 saturated carbocycles. The average molecular weight is 465 g/mol. The summed E-state index contributed by atoms with van der Waals surface area (Å²) in [5, 5.41) is 5.42. The van der Waals surface area contributed by atoms with Crippen molar-refractivity contribution in [3.63, 3.8) is 0 Å². The van der Waals surface area contributed by atoms with E-state index in [9.17, 15) is 22.8 Å². The fraction of sp³-hybridized carbons (Fsp3) is 0.154. The first kappa shape index (κ1) is 23.1. The molecule has 0 fully saturated rings. The number of anilines is 1. The van der Waals surface area contributed by atoms with Crippen LogP contribution in [-0.4, -0.2) is 29.1 Å². The third-order valence-electron chi connectivity index (χ3n) is 5.43. The highest BCUT2D eigenvalue weighted by Gasteiger charge is 2.28. The van der Waals surface area contributed by atoms with Gasteiger partial charge in [-0.2, -0.15) is 13.2 Å². The van der Waals surface area contributed by atoms with E-state index < -0.39 is 18.6 Å². The first-order chi connectivity index (χ1) is 16.2. The van der Waals surface area contributed by atoms with E-state index in [0.29, 0.717) is 23.4 Å². The Labute approximate surface area is 194 Å². The molecule has 8 heteroatoms. The largest absolute Gasteiger partial charge is 0.405 e. The SMILES string of the molecule is Cc1ccc(C(=O)NCC(F)(F)F)cc1NC(=O)c1cn(Cc2ccccc2)c2ccccc12. The quantitative estimate of drug-likeness (QED) is 0.393. The van der Waals surface area contributed by atoms with Crippen molar-refractivity contribution in [3.8, 4) is 0 Å². The number of hydrogen-bond acceptors (Lipinski definition) is 2. The zero-order chi connectivity index (χ0) is 24.3. The summed E-state index contributed by atoms with van der Waals surface area (Å²) < 4.78 is 39.3. The number of aromatic nitrogens is 1. The summed E-state index contributed by atoms with van der Waals surface area (Å²) in [5.74, 6) is -1.24. The number of rotatable bonds is 6. The van der Waals surface area contributed by atoms with Crippen molar-refractivity contribution in [2.75, 3.05) is 11.9 Å². The number of carbonyl (C=O) groups excluding carboxylic acids is 2. The summed E-state index contributed by atoms with van der Waals surface area (Å²) in [5.41, 5.74) is 3.49. The number of para-hydroxylation sites is 1. The molecule has 4 rings (SSSR count). The number of amides is 2. The molecule has 2 amide bonds. The molecule has 0 radical (unpaired) electrons. The van der Waals surface area contributed by atoms with Gasteiger partial charge in [0.15, 0.2) is 0 Å². The summed E-state index contributed by atoms with van der Waals surface area (Å²) >= 11 is 0. The maximum atomic E-state index is 13.2. The minimum absolute atomic E-state index is 0.0247. The second kappa shape index (κ2) is 9.43. The van der Waals surface area contributed by atoms with Crippen LogP contribution in [-0.2, 0) is 6.54 Å². The molecule has 5 nitrogen and oxygen atoms in total. The lowest BCUT2D eigenvalue weighted by Crippen LogP contribution is -2.33. The second-order valence-electron chi connectivity index (χ2n) is 7.96. The molecule has 3 aromatic carbocycles. The van der Waals surface area contributed by atoms with Crippen LogP contribution >= 0.6 is 0 Å². The number of nitrogens with one attached hydrogen (secondary N) is 2. The van der Waals surface area contributed by atoms with E-state index in [1.165, 1.54) is 12.1 Å². The van der Waals surface area contributed by atoms with Crippen LogP contribution in [0, 0.1) is 6.92 Å². The first-order valence-electron chi connectivity index (χ1n) is 10.6. The molecule has 0 unspecified atom stereocenters. The number of alkyl halides is 3. The van der Waals surface area contributed by atoms with E-state index in [1.54, 1.807) is 19.2 Å². The third kappa shape index (κ3) is 5.28. The predicted molar refractivity (Wildman–Crippen MR) is 125 cm³/mol. The van der Waals surface area contributed by atoms with Gasteiger partial charge >= 0.3 is 6.18 Å². The Morgan fingerprint density at radius 3 is 2.35 bits per heavy atom. The van der Waals surface area contributed by atoms with Gasteiger partial charge in [0.25, 0.3) is 11.8 Å². The van der Waals surface area contributed by atoms with Crippen molar-refractivity contribution in [2.24, 2.45) is 0 Å². The molecule has 0 aliphatic heterocycles. The van der Waals surface area contributed by atoms with E-state index in [1.807, 2.05) is 64.5 Å². The van der Waals surface area contributed by atoms with Crippen LogP contribution in [0.1, 0.15) is 31.8 Å². The summed E-state index contributed by atoms with van der Waals surface area (Å²) in [7, 11) is 0. The number of aryl methyl sites for hydroxylation is 1. The van der Waals surface area contributed by atoms with Crippen LogP contribution in [0.4, 0.5) is 18.9 Å². The molecule has 0 spiro atoms. The Balaban J connectivity index is 1.59. The monoisotopic (exact) mass is 465 g/mol. The van der Waals surface area contributed by atoms with Gasteiger partial charge in [-0.3, -0.25) is 9.59 Å². The maximum Gasteiger partial charge on any atom is 0.405 e. The number of carbonyl (C=O) groups is 2. The van der Waals surface area contributed by atoms with Gasteiger partial charge in [-0.05, 0) is 36.2 Å². The molecule has 0 atom stereocenters. The molecule has 4 aromatic rings. The van der Waals surface area contributed by atoms with Gasteiger partial charge in [-0.1, -0.05) is 54.6 Å². The molecule has 174 valence electrons. The topological polar surface area (TPSA) is 63.1 Å². The Kier molecular flexibility index (Phi) is 6.40. The number of benzene rings is 3. The summed E-state index contributed by atoms with van der Waals surface area (Å²) in [6.07, 6.45) is -2.73. The standard InChI is InChI=1S/C26H22F3N3O2/c1-17-11-12-19(24(33)30-16-26(27,28)29)13-22(17)31-25(34)21-15-32(14-18-7-3-2-4-8-18)23-10-6-5-9-20(21)23/h2-13,15H,14,16H2,1H3,(H,30,33)(H,31,34). The van der Waals surface area contributed by atoms with Crippen LogP contribution in [0.2, 0.25) is 0 Å². The molecule has 0 saturated heterocycles. The van der Waals surface area contributed by atoms with Crippen LogP contribution in [0.25, 0.3) is 10.9 Å². The molecule has 2 N–H and O–H groups in total. The zero-order valence-electron chi connectivity index (χ0n) is 18.3. The second-order valence-corrected chi connectivity index (χ2v) is 7.96. The van der Waals surface area contributed by atoms with Crippen molar-refractivity contribution in [3.05, 3.63) is 101 Å². The normalized spacial score (nSPS) is 11.4. The van der Waals surface area contributed by atoms with Gasteiger partial charge in [0.2, 0.25) is 0 Å². The van der Waals surface area contributed by atoms with Crippen molar-refractivity contribution in [2.45, 2.75) is 19.6 Å². The van der Waals surface area contributed by atoms with Crippen molar-refractivity contribution < 1.29 is 22.8 Å². The number of halogens is 3. The van der Waals surface area contributed by atoms with E-state index in [0.717, 1.165) is 16.5 Å². The predicted octanol–water partition coefficient (Wildman–Crippen LogP) is 5.54. The molecule has 1 aromatic heterocycles. The molecule has 34 heavy (non-hydrogen) atoms. The fourth-order valence-corrected chi connectivity index (χ4v) is 3.71. The van der Waals surface area contributed by atoms with Crippen LogP contribution in [0.5, 0.6) is 0 Å². The average Bonchev–Trinajstić information content (AvgIpc) is 3.17. The van der Waals surface area contributed by atoms with Crippen LogP contribution in [0.15, 0.2) is 79.0 Å². The lowest BCUT2D eigenvalue weighted by atomic mass is 10.1. The summed E-state index contributed by atoms with van der Waals surface area (Å²) in [6.45, 7) is 0.899. The van der Waals surface area contributed by atoms with Gasteiger partial charge in [0.05, 0.1) is 5.56 Å². The van der Waals surface area contributed by atoms with Gasteiger partial charge < -0.3 is 15.2 Å². The smallest absolute Gasteiger partial charge is 0.343 e. The molecular weight excluding hydrogens is 443 g/mol. The Bertz CT molecular complexity index is 1340. The van der Waals surface area contributed by atoms with Gasteiger partial charge in [0, 0.05) is 34.9 Å². The van der Waals surface area contributed by atoms with Crippen molar-refractivity contribution >= 4 is 28.4 Å². The summed E-state index contributed by atoms with van der Waals surface area (Å²) in [4.78, 5) is 25.3. The van der Waals surface area contributed by atoms with Gasteiger partial charge in [-0.25, -0.2) is 0 Å². The Morgan fingerprint density at radius 1 is 0.912 bits per heavy atom. The highest BCUT2D eigenvalue weighted by atomic mass is 19.4. The molecule has 0 bridgehead atoms. The van der Waals surface area contributed by atoms with E-state index in [-0.39, 0.29) is 11.5 Å². The van der Waals surface area contributed by atoms with Crippen LogP contribution < -0.4 is 10.6 Å². The molecule has 0 aliphatic rings. The lowest BCUT2D eigenvalue weighted by Gasteiger charge is -2.12. The van der Waals surface area contributed by atoms with E-state index >= 15 is 0 Å². The van der Waals surface area contributed by atoms with Gasteiger partial charge in [0.1, 0.15) is 6.54 Å². The maximum absolute atomic E-state index is 13.2. The van der Waals surface area contributed by atoms with E-state index in [2.05, 4.69) is 5.32 Å². The highest BCUT2D eigenvalue weighted by molar-refractivity contribution is 6.13. The Hall–Kier alpha value is -4.07. The minimum Gasteiger partial charge on any atom is -0.343 e. The molecule has 1 heterocycles. The van der Waals surface area contributed by atoms with Crippen molar-refractivity contribution in [1.29, 1.82) is 0 Å². The zero-order valence-corrected chi connectivity index (χ0v) is 18.3. The van der Waals surface area contributed by atoms with Crippen LogP contribution in [0.3, 0.4) is 0 Å². The summed E-state index contributed by atoms with van der Waals surface area (Å²) in [6, 6.07) is 21.8. The third-order valence-corrected chi connectivity index (χ3v) is 5.43. The fourth-order valence-electron chi connectivity index (χ4n) is 3.71. The molecular formula is C26H22F3N3O2. The lowest BCUT2D eigenvalue weighted by molar-refractivity contribution is -0.123. The van der Waals surface area contributed by atoms with E-state index in [4.69, 9.17) is 0 Å².